The topological polar surface area (TPSA) is 104 Å². The number of anilines is 2. The van der Waals surface area contributed by atoms with Crippen molar-refractivity contribution in [1.29, 1.82) is 0 Å². The van der Waals surface area contributed by atoms with Crippen LogP contribution in [0.4, 0.5) is 20.8 Å². The first-order valence-corrected chi connectivity index (χ1v) is 9.63. The van der Waals surface area contributed by atoms with Crippen molar-refractivity contribution in [2.45, 2.75) is 6.04 Å². The highest BCUT2D eigenvalue weighted by Crippen LogP contribution is 2.25. The number of ether oxygens (including phenoxy) is 2. The number of fused-ring (bicyclic) bond motifs is 1. The molecule has 0 bridgehead atoms. The Kier molecular flexibility index (Phi) is 6.05. The second kappa shape index (κ2) is 9.06. The molecule has 1 fully saturated rings. The number of aromatic amines is 1. The minimum atomic E-state index is -0.443. The smallest absolute Gasteiger partial charge is 0.320 e. The molecule has 3 heterocycles. The standard InChI is InChI=1S/C20H23FN6O3/c1-29-12-17(13-2-4-14(21)5-3-13)23-20(28)24-18-10-16-15(11-22-18)19(26-25-16)27-6-8-30-9-7-27/h2-5,10-11,17H,6-9,12H2,1H3,(H,25,26)(H2,22,23,24,28)/t17-/m0/s1. The van der Waals surface area contributed by atoms with Gasteiger partial charge in [0.1, 0.15) is 11.6 Å². The molecule has 3 aromatic rings. The number of nitrogens with zero attached hydrogens (tertiary/aromatic N) is 3. The van der Waals surface area contributed by atoms with Crippen molar-refractivity contribution in [1.82, 2.24) is 20.5 Å². The van der Waals surface area contributed by atoms with Gasteiger partial charge in [-0.2, -0.15) is 5.10 Å². The highest BCUT2D eigenvalue weighted by atomic mass is 19.1. The van der Waals surface area contributed by atoms with Crippen molar-refractivity contribution in [2.24, 2.45) is 0 Å². The van der Waals surface area contributed by atoms with Gasteiger partial charge in [-0.25, -0.2) is 14.2 Å². The molecule has 158 valence electrons. The molecule has 30 heavy (non-hydrogen) atoms. The summed E-state index contributed by atoms with van der Waals surface area (Å²) < 4.78 is 23.7. The number of hydrogen-bond acceptors (Lipinski definition) is 6. The number of urea groups is 1. The van der Waals surface area contributed by atoms with E-state index in [2.05, 4.69) is 30.7 Å². The Morgan fingerprint density at radius 2 is 2.10 bits per heavy atom. The third-order valence-electron chi connectivity index (χ3n) is 4.89. The highest BCUT2D eigenvalue weighted by molar-refractivity contribution is 5.94. The van der Waals surface area contributed by atoms with Gasteiger partial charge in [-0.3, -0.25) is 10.4 Å². The molecule has 1 saturated heterocycles. The molecule has 3 N–H and O–H groups in total. The molecule has 1 aromatic carbocycles. The van der Waals surface area contributed by atoms with Gasteiger partial charge in [0.2, 0.25) is 0 Å². The molecule has 1 aliphatic rings. The summed E-state index contributed by atoms with van der Waals surface area (Å²) in [4.78, 5) is 19.0. The first-order valence-electron chi connectivity index (χ1n) is 9.63. The van der Waals surface area contributed by atoms with Gasteiger partial charge in [0.05, 0.1) is 36.8 Å². The molecule has 0 radical (unpaired) electrons. The zero-order chi connectivity index (χ0) is 20.9. The summed E-state index contributed by atoms with van der Waals surface area (Å²) in [5.41, 5.74) is 1.51. The number of carbonyl (C=O) groups excluding carboxylic acids is 1. The number of benzene rings is 1. The number of hydrogen-bond donors (Lipinski definition) is 3. The fourth-order valence-electron chi connectivity index (χ4n) is 3.38. The van der Waals surface area contributed by atoms with E-state index in [0.717, 1.165) is 35.4 Å². The number of nitrogens with one attached hydrogen (secondary N) is 3. The van der Waals surface area contributed by atoms with E-state index in [1.165, 1.54) is 19.2 Å². The van der Waals surface area contributed by atoms with E-state index in [-0.39, 0.29) is 12.4 Å². The summed E-state index contributed by atoms with van der Waals surface area (Å²) in [6, 6.07) is 6.77. The van der Waals surface area contributed by atoms with Crippen LogP contribution in [0.2, 0.25) is 0 Å². The summed E-state index contributed by atoms with van der Waals surface area (Å²) >= 11 is 0. The number of H-pyrrole nitrogens is 1. The van der Waals surface area contributed by atoms with Crippen LogP contribution in [0, 0.1) is 5.82 Å². The molecule has 1 atom stereocenters. The summed E-state index contributed by atoms with van der Waals surface area (Å²) in [7, 11) is 1.54. The van der Waals surface area contributed by atoms with Crippen LogP contribution in [0.25, 0.3) is 10.9 Å². The molecule has 1 aliphatic heterocycles. The molecule has 0 saturated carbocycles. The lowest BCUT2D eigenvalue weighted by atomic mass is 10.1. The minimum absolute atomic E-state index is 0.245. The van der Waals surface area contributed by atoms with Crippen molar-refractivity contribution in [3.8, 4) is 0 Å². The number of pyridine rings is 1. The summed E-state index contributed by atoms with van der Waals surface area (Å²) in [5.74, 6) is 0.869. The molecule has 2 aromatic heterocycles. The Balaban J connectivity index is 1.45. The second-order valence-corrected chi connectivity index (χ2v) is 6.92. The van der Waals surface area contributed by atoms with E-state index < -0.39 is 12.1 Å². The normalized spacial score (nSPS) is 15.2. The number of amides is 2. The van der Waals surface area contributed by atoms with Crippen LogP contribution in [0.5, 0.6) is 0 Å². The Bertz CT molecular complexity index is 1000. The van der Waals surface area contributed by atoms with Gasteiger partial charge in [-0.1, -0.05) is 12.1 Å². The van der Waals surface area contributed by atoms with Crippen molar-refractivity contribution in [2.75, 3.05) is 50.2 Å². The van der Waals surface area contributed by atoms with E-state index in [0.29, 0.717) is 19.0 Å². The quantitative estimate of drug-likeness (QED) is 0.572. The van der Waals surface area contributed by atoms with E-state index in [4.69, 9.17) is 9.47 Å². The summed E-state index contributed by atoms with van der Waals surface area (Å²) in [6.45, 7) is 3.12. The largest absolute Gasteiger partial charge is 0.382 e. The lowest BCUT2D eigenvalue weighted by Crippen LogP contribution is -2.36. The van der Waals surface area contributed by atoms with Crippen LogP contribution < -0.4 is 15.5 Å². The zero-order valence-corrected chi connectivity index (χ0v) is 16.5. The molecule has 9 nitrogen and oxygen atoms in total. The van der Waals surface area contributed by atoms with Gasteiger partial charge in [-0.05, 0) is 17.7 Å². The van der Waals surface area contributed by atoms with Gasteiger partial charge in [0, 0.05) is 32.5 Å². The van der Waals surface area contributed by atoms with E-state index in [1.54, 1.807) is 24.4 Å². The predicted molar refractivity (Wildman–Crippen MR) is 110 cm³/mol. The molecule has 0 aliphatic carbocycles. The van der Waals surface area contributed by atoms with Crippen LogP contribution in [0.15, 0.2) is 36.5 Å². The molecular formula is C20H23FN6O3. The van der Waals surface area contributed by atoms with E-state index in [1.807, 2.05) is 0 Å². The Morgan fingerprint density at radius 3 is 2.83 bits per heavy atom. The average molecular weight is 414 g/mol. The lowest BCUT2D eigenvalue weighted by molar-refractivity contribution is 0.122. The SMILES string of the molecule is COC[C@H](NC(=O)Nc1cc2[nH]nc(N3CCOCC3)c2cn1)c1ccc(F)cc1. The van der Waals surface area contributed by atoms with Crippen LogP contribution in [0.3, 0.4) is 0 Å². The van der Waals surface area contributed by atoms with Gasteiger partial charge < -0.3 is 19.7 Å². The number of rotatable bonds is 6. The monoisotopic (exact) mass is 414 g/mol. The first-order chi connectivity index (χ1) is 14.6. The number of methoxy groups -OCH3 is 1. The molecule has 10 heteroatoms. The van der Waals surface area contributed by atoms with Gasteiger partial charge in [0.25, 0.3) is 0 Å². The molecular weight excluding hydrogens is 391 g/mol. The van der Waals surface area contributed by atoms with Gasteiger partial charge >= 0.3 is 6.03 Å². The van der Waals surface area contributed by atoms with Crippen molar-refractivity contribution < 1.29 is 18.7 Å². The van der Waals surface area contributed by atoms with Crippen molar-refractivity contribution >= 4 is 28.6 Å². The van der Waals surface area contributed by atoms with Crippen molar-refractivity contribution in [3.63, 3.8) is 0 Å². The third kappa shape index (κ3) is 4.50. The van der Waals surface area contributed by atoms with Crippen LogP contribution in [-0.2, 0) is 9.47 Å². The van der Waals surface area contributed by atoms with Crippen molar-refractivity contribution in [3.05, 3.63) is 47.9 Å². The molecule has 0 spiro atoms. The lowest BCUT2D eigenvalue weighted by Gasteiger charge is -2.26. The van der Waals surface area contributed by atoms with Crippen LogP contribution in [-0.4, -0.2) is 61.2 Å². The maximum Gasteiger partial charge on any atom is 0.320 e. The highest BCUT2D eigenvalue weighted by Gasteiger charge is 2.18. The molecule has 0 unspecified atom stereocenters. The maximum absolute atomic E-state index is 13.2. The van der Waals surface area contributed by atoms with Gasteiger partial charge in [0.15, 0.2) is 5.82 Å². The number of aromatic nitrogens is 3. The predicted octanol–water partition coefficient (Wildman–Crippen LogP) is 2.44. The second-order valence-electron chi connectivity index (χ2n) is 6.92. The maximum atomic E-state index is 13.2. The van der Waals surface area contributed by atoms with E-state index >= 15 is 0 Å². The van der Waals surface area contributed by atoms with Crippen LogP contribution >= 0.6 is 0 Å². The minimum Gasteiger partial charge on any atom is -0.382 e. The fourth-order valence-corrected chi connectivity index (χ4v) is 3.38. The fraction of sp³-hybridized carbons (Fsp3) is 0.350. The Morgan fingerprint density at radius 1 is 1.33 bits per heavy atom. The average Bonchev–Trinajstić information content (AvgIpc) is 3.18. The Labute approximate surface area is 172 Å². The summed E-state index contributed by atoms with van der Waals surface area (Å²) in [5, 5.41) is 13.8. The van der Waals surface area contributed by atoms with Crippen LogP contribution in [0.1, 0.15) is 11.6 Å². The number of carbonyl (C=O) groups is 1. The first kappa shape index (κ1) is 20.0. The van der Waals surface area contributed by atoms with E-state index in [9.17, 15) is 9.18 Å². The third-order valence-corrected chi connectivity index (χ3v) is 4.89. The van der Waals surface area contributed by atoms with Gasteiger partial charge in [-0.15, -0.1) is 0 Å². The molecule has 4 rings (SSSR count). The number of morpholine rings is 1. The summed E-state index contributed by atoms with van der Waals surface area (Å²) in [6.07, 6.45) is 1.69. The Hall–Kier alpha value is -3.24. The number of halogens is 1. The zero-order valence-electron chi connectivity index (χ0n) is 16.5. The molecule has 2 amide bonds.